The van der Waals surface area contributed by atoms with E-state index in [1.54, 1.807) is 7.11 Å². The molecule has 0 heterocycles. The molecule has 0 spiro atoms. The van der Waals surface area contributed by atoms with Gasteiger partial charge in [0.25, 0.3) is 0 Å². The summed E-state index contributed by atoms with van der Waals surface area (Å²) in [5, 5.41) is 9.47. The Bertz CT molecular complexity index is 479. The van der Waals surface area contributed by atoms with Gasteiger partial charge in [-0.05, 0) is 29.8 Å². The molecular weight excluding hydrogens is 240 g/mol. The highest BCUT2D eigenvalue weighted by Gasteiger charge is 2.11. The molecule has 0 saturated heterocycles. The molecule has 0 aliphatic rings. The van der Waals surface area contributed by atoms with Crippen LogP contribution in [0.3, 0.4) is 0 Å². The molecule has 1 N–H and O–H groups in total. The number of rotatable bonds is 6. The zero-order valence-electron chi connectivity index (χ0n) is 11.0. The molecule has 1 unspecified atom stereocenters. The highest BCUT2D eigenvalue weighted by atomic mass is 16.5. The fraction of sp³-hybridized carbons (Fsp3) is 0.250. The third-order valence-electron chi connectivity index (χ3n) is 3.00. The number of aliphatic hydroxyl groups is 1. The van der Waals surface area contributed by atoms with Gasteiger partial charge in [0, 0.05) is 5.92 Å². The summed E-state index contributed by atoms with van der Waals surface area (Å²) in [6.45, 7) is 0.506. The normalized spacial score (nSPS) is 11.9. The molecule has 2 aromatic rings. The van der Waals surface area contributed by atoms with Crippen LogP contribution in [0.25, 0.3) is 0 Å². The van der Waals surface area contributed by atoms with Crippen LogP contribution in [0.4, 0.5) is 0 Å². The van der Waals surface area contributed by atoms with E-state index in [2.05, 4.69) is 0 Å². The minimum absolute atomic E-state index is 0.0360. The van der Waals surface area contributed by atoms with E-state index in [0.717, 1.165) is 17.1 Å². The zero-order valence-corrected chi connectivity index (χ0v) is 11.0. The lowest BCUT2D eigenvalue weighted by Crippen LogP contribution is -2.14. The van der Waals surface area contributed by atoms with Crippen LogP contribution < -0.4 is 9.47 Å². The zero-order chi connectivity index (χ0) is 13.5. The highest BCUT2D eigenvalue weighted by Crippen LogP contribution is 2.20. The lowest BCUT2D eigenvalue weighted by atomic mass is 10.0. The first-order chi connectivity index (χ1) is 9.33. The van der Waals surface area contributed by atoms with Gasteiger partial charge in [0.05, 0.1) is 20.3 Å². The van der Waals surface area contributed by atoms with E-state index in [1.165, 1.54) is 0 Å². The summed E-state index contributed by atoms with van der Waals surface area (Å²) in [6, 6.07) is 17.3. The second-order valence-electron chi connectivity index (χ2n) is 4.28. The molecule has 0 aliphatic carbocycles. The smallest absolute Gasteiger partial charge is 0.119 e. The van der Waals surface area contributed by atoms with E-state index >= 15 is 0 Å². The minimum Gasteiger partial charge on any atom is -0.497 e. The number of ether oxygens (including phenoxy) is 2. The summed E-state index contributed by atoms with van der Waals surface area (Å²) in [5.74, 6) is 1.59. The summed E-state index contributed by atoms with van der Waals surface area (Å²) >= 11 is 0. The predicted molar refractivity (Wildman–Crippen MR) is 74.8 cm³/mol. The van der Waals surface area contributed by atoms with Crippen molar-refractivity contribution >= 4 is 0 Å². The van der Waals surface area contributed by atoms with Crippen molar-refractivity contribution in [3.63, 3.8) is 0 Å². The molecule has 0 saturated carbocycles. The maximum atomic E-state index is 9.47. The first-order valence-electron chi connectivity index (χ1n) is 6.26. The summed E-state index contributed by atoms with van der Waals surface area (Å²) in [5.41, 5.74) is 1.04. The first kappa shape index (κ1) is 13.4. The Morgan fingerprint density at radius 3 is 2.21 bits per heavy atom. The van der Waals surface area contributed by atoms with Crippen molar-refractivity contribution in [3.05, 3.63) is 60.2 Å². The molecule has 3 heteroatoms. The van der Waals surface area contributed by atoms with Crippen LogP contribution in [0, 0.1) is 0 Å². The number of para-hydroxylation sites is 1. The fourth-order valence-corrected chi connectivity index (χ4v) is 1.84. The second kappa shape index (κ2) is 6.81. The lowest BCUT2D eigenvalue weighted by Gasteiger charge is -2.16. The van der Waals surface area contributed by atoms with Crippen molar-refractivity contribution in [1.29, 1.82) is 0 Å². The van der Waals surface area contributed by atoms with Gasteiger partial charge >= 0.3 is 0 Å². The SMILES string of the molecule is COc1ccc(C(CO)COc2ccccc2)cc1. The number of hydrogen-bond acceptors (Lipinski definition) is 3. The van der Waals surface area contributed by atoms with Crippen LogP contribution >= 0.6 is 0 Å². The highest BCUT2D eigenvalue weighted by molar-refractivity contribution is 5.30. The molecule has 0 aromatic heterocycles. The molecule has 2 rings (SSSR count). The summed E-state index contributed by atoms with van der Waals surface area (Å²) in [4.78, 5) is 0. The van der Waals surface area contributed by atoms with Crippen molar-refractivity contribution in [2.45, 2.75) is 5.92 Å². The van der Waals surface area contributed by atoms with Crippen LogP contribution in [-0.4, -0.2) is 25.4 Å². The maximum Gasteiger partial charge on any atom is 0.119 e. The quantitative estimate of drug-likeness (QED) is 0.866. The lowest BCUT2D eigenvalue weighted by molar-refractivity contribution is 0.205. The number of methoxy groups -OCH3 is 1. The molecule has 0 radical (unpaired) electrons. The molecule has 19 heavy (non-hydrogen) atoms. The van der Waals surface area contributed by atoms with Gasteiger partial charge in [0.15, 0.2) is 0 Å². The number of benzene rings is 2. The van der Waals surface area contributed by atoms with Gasteiger partial charge in [-0.2, -0.15) is 0 Å². The standard InChI is InChI=1S/C16H18O3/c1-18-15-9-7-13(8-10-15)14(11-17)12-19-16-5-3-2-4-6-16/h2-10,14,17H,11-12H2,1H3. The maximum absolute atomic E-state index is 9.47. The second-order valence-corrected chi connectivity index (χ2v) is 4.28. The van der Waals surface area contributed by atoms with E-state index in [4.69, 9.17) is 9.47 Å². The molecule has 0 aliphatic heterocycles. The van der Waals surface area contributed by atoms with Crippen LogP contribution in [0.2, 0.25) is 0 Å². The third-order valence-corrected chi connectivity index (χ3v) is 3.00. The average Bonchev–Trinajstić information content (AvgIpc) is 2.49. The van der Waals surface area contributed by atoms with Gasteiger partial charge < -0.3 is 14.6 Å². The minimum atomic E-state index is -0.0360. The Morgan fingerprint density at radius 1 is 0.947 bits per heavy atom. The van der Waals surface area contributed by atoms with Crippen LogP contribution in [0.15, 0.2) is 54.6 Å². The van der Waals surface area contributed by atoms with Gasteiger partial charge in [-0.1, -0.05) is 30.3 Å². The Labute approximate surface area is 113 Å². The topological polar surface area (TPSA) is 38.7 Å². The van der Waals surface area contributed by atoms with Gasteiger partial charge in [-0.15, -0.1) is 0 Å². The van der Waals surface area contributed by atoms with Crippen molar-refractivity contribution < 1.29 is 14.6 Å². The van der Waals surface area contributed by atoms with Crippen LogP contribution in [-0.2, 0) is 0 Å². The molecule has 0 amide bonds. The Balaban J connectivity index is 1.99. The summed E-state index contributed by atoms with van der Waals surface area (Å²) in [7, 11) is 1.64. The van der Waals surface area contributed by atoms with Gasteiger partial charge in [0.2, 0.25) is 0 Å². The monoisotopic (exact) mass is 258 g/mol. The first-order valence-corrected chi connectivity index (χ1v) is 6.26. The molecular formula is C16H18O3. The Hall–Kier alpha value is -2.00. The largest absolute Gasteiger partial charge is 0.497 e. The Morgan fingerprint density at radius 2 is 1.63 bits per heavy atom. The molecule has 2 aromatic carbocycles. The average molecular weight is 258 g/mol. The molecule has 1 atom stereocenters. The van der Waals surface area contributed by atoms with Crippen molar-refractivity contribution in [3.8, 4) is 11.5 Å². The number of hydrogen-bond donors (Lipinski definition) is 1. The van der Waals surface area contributed by atoms with Crippen LogP contribution in [0.5, 0.6) is 11.5 Å². The van der Waals surface area contributed by atoms with E-state index < -0.39 is 0 Å². The van der Waals surface area contributed by atoms with Gasteiger partial charge in [-0.25, -0.2) is 0 Å². The fourth-order valence-electron chi connectivity index (χ4n) is 1.84. The molecule has 100 valence electrons. The van der Waals surface area contributed by atoms with E-state index in [0.29, 0.717) is 6.61 Å². The van der Waals surface area contributed by atoms with E-state index in [9.17, 15) is 5.11 Å². The van der Waals surface area contributed by atoms with Gasteiger partial charge in [-0.3, -0.25) is 0 Å². The van der Waals surface area contributed by atoms with E-state index in [1.807, 2.05) is 54.6 Å². The van der Waals surface area contributed by atoms with Crippen LogP contribution in [0.1, 0.15) is 11.5 Å². The van der Waals surface area contributed by atoms with E-state index in [-0.39, 0.29) is 12.5 Å². The third kappa shape index (κ3) is 3.73. The van der Waals surface area contributed by atoms with Crippen molar-refractivity contribution in [1.82, 2.24) is 0 Å². The Kier molecular flexibility index (Phi) is 4.81. The predicted octanol–water partition coefficient (Wildman–Crippen LogP) is 2.85. The van der Waals surface area contributed by atoms with Gasteiger partial charge in [0.1, 0.15) is 11.5 Å². The molecule has 3 nitrogen and oxygen atoms in total. The summed E-state index contributed by atoms with van der Waals surface area (Å²) in [6.07, 6.45) is 0. The molecule has 0 bridgehead atoms. The summed E-state index contributed by atoms with van der Waals surface area (Å²) < 4.78 is 10.8. The van der Waals surface area contributed by atoms with Crippen molar-refractivity contribution in [2.24, 2.45) is 0 Å². The number of aliphatic hydroxyl groups excluding tert-OH is 1. The van der Waals surface area contributed by atoms with Crippen molar-refractivity contribution in [2.75, 3.05) is 20.3 Å². The molecule has 0 fully saturated rings.